The lowest BCUT2D eigenvalue weighted by molar-refractivity contribution is -0.124. The quantitative estimate of drug-likeness (QED) is 0.479. The van der Waals surface area contributed by atoms with Crippen molar-refractivity contribution >= 4 is 17.4 Å². The van der Waals surface area contributed by atoms with Gasteiger partial charge in [-0.25, -0.2) is 0 Å². The molecule has 0 heterocycles. The highest BCUT2D eigenvalue weighted by molar-refractivity contribution is 6.19. The van der Waals surface area contributed by atoms with Crippen LogP contribution in [0.15, 0.2) is 12.2 Å². The summed E-state index contributed by atoms with van der Waals surface area (Å²) < 4.78 is 0. The summed E-state index contributed by atoms with van der Waals surface area (Å²) in [5, 5.41) is 0. The van der Waals surface area contributed by atoms with Gasteiger partial charge in [-0.3, -0.25) is 4.79 Å². The Morgan fingerprint density at radius 2 is 2.33 bits per heavy atom. The topological polar surface area (TPSA) is 17.1 Å². The van der Waals surface area contributed by atoms with E-state index in [0.717, 1.165) is 18.4 Å². The molecule has 0 amide bonds. The highest BCUT2D eigenvalue weighted by atomic mass is 35.5. The second-order valence-corrected chi connectivity index (χ2v) is 3.90. The van der Waals surface area contributed by atoms with Crippen molar-refractivity contribution < 1.29 is 4.79 Å². The van der Waals surface area contributed by atoms with Crippen LogP contribution in [0.2, 0.25) is 0 Å². The van der Waals surface area contributed by atoms with Gasteiger partial charge in [0, 0.05) is 18.2 Å². The molecule has 1 aliphatic rings. The van der Waals surface area contributed by atoms with E-state index in [1.807, 2.05) is 6.92 Å². The van der Waals surface area contributed by atoms with E-state index in [1.54, 1.807) is 0 Å². The summed E-state index contributed by atoms with van der Waals surface area (Å²) in [5.41, 5.74) is 1.02. The highest BCUT2D eigenvalue weighted by Gasteiger charge is 2.26. The predicted octanol–water partition coefficient (Wildman–Crippen LogP) is 2.79. The summed E-state index contributed by atoms with van der Waals surface area (Å²) in [6.07, 6.45) is 2.74. The fraction of sp³-hybridized carbons (Fsp3) is 0.700. The summed E-state index contributed by atoms with van der Waals surface area (Å²) in [5.74, 6) is 1.47. The van der Waals surface area contributed by atoms with E-state index < -0.39 is 0 Å². The molecule has 2 heteroatoms. The van der Waals surface area contributed by atoms with Crippen LogP contribution in [0.5, 0.6) is 0 Å². The van der Waals surface area contributed by atoms with Gasteiger partial charge in [0.1, 0.15) is 5.78 Å². The van der Waals surface area contributed by atoms with Gasteiger partial charge in [-0.15, -0.1) is 11.6 Å². The average molecular weight is 187 g/mol. The molecule has 0 aliphatic heterocycles. The van der Waals surface area contributed by atoms with Gasteiger partial charge in [-0.1, -0.05) is 19.1 Å². The molecule has 0 aromatic rings. The third-order valence-corrected chi connectivity index (χ3v) is 3.04. The van der Waals surface area contributed by atoms with Crippen LogP contribution in [0, 0.1) is 11.8 Å². The zero-order chi connectivity index (χ0) is 9.14. The monoisotopic (exact) mass is 186 g/mol. The molecule has 68 valence electrons. The largest absolute Gasteiger partial charge is 0.299 e. The normalized spacial score (nSPS) is 30.3. The molecule has 0 aromatic carbocycles. The summed E-state index contributed by atoms with van der Waals surface area (Å²) in [4.78, 5) is 11.3. The molecule has 1 aliphatic carbocycles. The molecule has 0 saturated heterocycles. The van der Waals surface area contributed by atoms with Gasteiger partial charge in [-0.2, -0.15) is 0 Å². The molecule has 1 rings (SSSR count). The summed E-state index contributed by atoms with van der Waals surface area (Å²) in [6.45, 7) is 5.87. The van der Waals surface area contributed by atoms with Crippen LogP contribution >= 0.6 is 11.6 Å². The van der Waals surface area contributed by atoms with Crippen LogP contribution in [0.1, 0.15) is 26.2 Å². The Balaban J connectivity index is 2.51. The summed E-state index contributed by atoms with van der Waals surface area (Å²) in [7, 11) is 0. The van der Waals surface area contributed by atoms with Crippen molar-refractivity contribution in [2.75, 3.05) is 5.88 Å². The standard InChI is InChI=1S/C10H15ClO/c1-7-3-4-9(5-10(7)12)8(2)6-11/h7,9H,2-6H2,1H3. The average Bonchev–Trinajstić information content (AvgIpc) is 2.08. The van der Waals surface area contributed by atoms with Crippen LogP contribution in [-0.2, 0) is 4.79 Å². The van der Waals surface area contributed by atoms with E-state index in [0.29, 0.717) is 24.0 Å². The number of hydrogen-bond acceptors (Lipinski definition) is 1. The molecule has 0 radical (unpaired) electrons. The maximum atomic E-state index is 11.3. The fourth-order valence-corrected chi connectivity index (χ4v) is 1.83. The minimum absolute atomic E-state index is 0.254. The van der Waals surface area contributed by atoms with Gasteiger partial charge in [0.15, 0.2) is 0 Å². The minimum Gasteiger partial charge on any atom is -0.299 e. The Morgan fingerprint density at radius 1 is 1.67 bits per heavy atom. The molecule has 0 bridgehead atoms. The van der Waals surface area contributed by atoms with Crippen LogP contribution in [0.3, 0.4) is 0 Å². The van der Waals surface area contributed by atoms with Crippen molar-refractivity contribution in [1.29, 1.82) is 0 Å². The van der Waals surface area contributed by atoms with Gasteiger partial charge < -0.3 is 0 Å². The molecule has 2 unspecified atom stereocenters. The first kappa shape index (κ1) is 9.79. The second kappa shape index (κ2) is 4.08. The number of hydrogen-bond donors (Lipinski definition) is 0. The molecule has 1 saturated carbocycles. The van der Waals surface area contributed by atoms with E-state index in [9.17, 15) is 4.79 Å². The number of Topliss-reactive ketones (excluding diaryl/α,β-unsaturated/α-hetero) is 1. The van der Waals surface area contributed by atoms with E-state index >= 15 is 0 Å². The van der Waals surface area contributed by atoms with E-state index in [2.05, 4.69) is 6.58 Å². The first-order valence-electron chi connectivity index (χ1n) is 4.41. The second-order valence-electron chi connectivity index (χ2n) is 3.64. The molecule has 12 heavy (non-hydrogen) atoms. The Morgan fingerprint density at radius 3 is 2.83 bits per heavy atom. The predicted molar refractivity (Wildman–Crippen MR) is 51.4 cm³/mol. The van der Waals surface area contributed by atoms with Crippen molar-refractivity contribution in [3.8, 4) is 0 Å². The maximum absolute atomic E-state index is 11.3. The minimum atomic E-state index is 0.254. The van der Waals surface area contributed by atoms with Gasteiger partial charge in [0.2, 0.25) is 0 Å². The number of rotatable bonds is 2. The fourth-order valence-electron chi connectivity index (χ4n) is 1.62. The Bertz CT molecular complexity index is 196. The van der Waals surface area contributed by atoms with E-state index in [4.69, 9.17) is 11.6 Å². The number of carbonyl (C=O) groups is 1. The third-order valence-electron chi connectivity index (χ3n) is 2.69. The van der Waals surface area contributed by atoms with E-state index in [1.165, 1.54) is 0 Å². The van der Waals surface area contributed by atoms with Crippen LogP contribution in [0.25, 0.3) is 0 Å². The van der Waals surface area contributed by atoms with Gasteiger partial charge in [0.25, 0.3) is 0 Å². The molecule has 0 N–H and O–H groups in total. The van der Waals surface area contributed by atoms with Crippen molar-refractivity contribution in [1.82, 2.24) is 0 Å². The van der Waals surface area contributed by atoms with Crippen molar-refractivity contribution in [2.24, 2.45) is 11.8 Å². The van der Waals surface area contributed by atoms with Crippen molar-refractivity contribution in [3.05, 3.63) is 12.2 Å². The lowest BCUT2D eigenvalue weighted by Crippen LogP contribution is -2.23. The summed E-state index contributed by atoms with van der Waals surface area (Å²) >= 11 is 5.66. The van der Waals surface area contributed by atoms with Gasteiger partial charge >= 0.3 is 0 Å². The molecule has 1 fully saturated rings. The van der Waals surface area contributed by atoms with Crippen LogP contribution < -0.4 is 0 Å². The number of carbonyl (C=O) groups excluding carboxylic acids is 1. The zero-order valence-corrected chi connectivity index (χ0v) is 8.23. The lowest BCUT2D eigenvalue weighted by Gasteiger charge is -2.25. The number of ketones is 1. The molecule has 2 atom stereocenters. The molecule has 1 nitrogen and oxygen atoms in total. The smallest absolute Gasteiger partial charge is 0.136 e. The van der Waals surface area contributed by atoms with Crippen LogP contribution in [0.4, 0.5) is 0 Å². The van der Waals surface area contributed by atoms with Crippen molar-refractivity contribution in [2.45, 2.75) is 26.2 Å². The number of halogens is 1. The Labute approximate surface area is 78.8 Å². The Kier molecular flexibility index (Phi) is 3.33. The van der Waals surface area contributed by atoms with Crippen LogP contribution in [-0.4, -0.2) is 11.7 Å². The number of alkyl halides is 1. The zero-order valence-electron chi connectivity index (χ0n) is 7.48. The summed E-state index contributed by atoms with van der Waals surface area (Å²) in [6, 6.07) is 0. The van der Waals surface area contributed by atoms with Crippen molar-refractivity contribution in [3.63, 3.8) is 0 Å². The Hall–Kier alpha value is -0.300. The lowest BCUT2D eigenvalue weighted by atomic mass is 9.79. The molecular formula is C10H15ClO. The first-order chi connectivity index (χ1) is 5.65. The number of allylic oxidation sites excluding steroid dienone is 1. The maximum Gasteiger partial charge on any atom is 0.136 e. The van der Waals surface area contributed by atoms with E-state index in [-0.39, 0.29) is 5.92 Å². The SMILES string of the molecule is C=C(CCl)C1CCC(C)C(=O)C1. The first-order valence-corrected chi connectivity index (χ1v) is 4.95. The third kappa shape index (κ3) is 2.10. The molecular weight excluding hydrogens is 172 g/mol. The van der Waals surface area contributed by atoms with Gasteiger partial charge in [0.05, 0.1) is 0 Å². The highest BCUT2D eigenvalue weighted by Crippen LogP contribution is 2.30. The molecule has 0 spiro atoms. The molecule has 0 aromatic heterocycles. The van der Waals surface area contributed by atoms with Gasteiger partial charge in [-0.05, 0) is 18.8 Å².